The highest BCUT2D eigenvalue weighted by molar-refractivity contribution is 7.19. The van der Waals surface area contributed by atoms with Crippen LogP contribution in [0, 0.1) is 31.1 Å². The number of likely N-dealkylation sites (tertiary alicyclic amines) is 1. The molecule has 0 atom stereocenters. The monoisotopic (exact) mass is 504 g/mol. The Morgan fingerprint density at radius 2 is 1.86 bits per heavy atom. The van der Waals surface area contributed by atoms with Gasteiger partial charge >= 0.3 is 6.03 Å². The molecule has 10 heteroatoms. The van der Waals surface area contributed by atoms with Crippen LogP contribution >= 0.6 is 11.3 Å². The van der Waals surface area contributed by atoms with E-state index in [0.29, 0.717) is 42.3 Å². The molecule has 1 fully saturated rings. The lowest BCUT2D eigenvalue weighted by Gasteiger charge is -2.31. The SMILES string of the molecule is Cc1cc(-c2sc(NC(=O)N3CCC(C(=O)NCCO)CC3)nc2-c2cccc(C#N)c2)cc(C)n1. The Morgan fingerprint density at radius 3 is 2.53 bits per heavy atom. The van der Waals surface area contributed by atoms with Crippen molar-refractivity contribution in [2.45, 2.75) is 26.7 Å². The van der Waals surface area contributed by atoms with Crippen LogP contribution in [0.5, 0.6) is 0 Å². The molecule has 3 heterocycles. The van der Waals surface area contributed by atoms with E-state index >= 15 is 0 Å². The second-order valence-corrected chi connectivity index (χ2v) is 9.73. The number of aromatic nitrogens is 2. The molecule has 0 saturated carbocycles. The van der Waals surface area contributed by atoms with Gasteiger partial charge in [0.2, 0.25) is 5.91 Å². The quantitative estimate of drug-likeness (QED) is 0.469. The molecule has 4 rings (SSSR count). The fourth-order valence-electron chi connectivity index (χ4n) is 4.31. The molecule has 2 aromatic heterocycles. The van der Waals surface area contributed by atoms with Gasteiger partial charge in [-0.05, 0) is 56.5 Å². The zero-order valence-corrected chi connectivity index (χ0v) is 21.1. The number of nitrogens with one attached hydrogen (secondary N) is 2. The summed E-state index contributed by atoms with van der Waals surface area (Å²) in [7, 11) is 0. The molecule has 3 aromatic rings. The minimum Gasteiger partial charge on any atom is -0.395 e. The van der Waals surface area contributed by atoms with Gasteiger partial charge in [-0.3, -0.25) is 15.1 Å². The van der Waals surface area contributed by atoms with E-state index in [1.165, 1.54) is 11.3 Å². The third kappa shape index (κ3) is 5.87. The van der Waals surface area contributed by atoms with Crippen molar-refractivity contribution in [1.82, 2.24) is 20.2 Å². The first-order chi connectivity index (χ1) is 17.4. The Bertz CT molecular complexity index is 1290. The van der Waals surface area contributed by atoms with Gasteiger partial charge in [0, 0.05) is 42.5 Å². The van der Waals surface area contributed by atoms with Gasteiger partial charge in [-0.15, -0.1) is 0 Å². The summed E-state index contributed by atoms with van der Waals surface area (Å²) in [5, 5.41) is 24.3. The lowest BCUT2D eigenvalue weighted by atomic mass is 9.96. The topological polar surface area (TPSA) is 131 Å². The first-order valence-corrected chi connectivity index (χ1v) is 12.6. The van der Waals surface area contributed by atoms with Gasteiger partial charge in [-0.25, -0.2) is 9.78 Å². The van der Waals surface area contributed by atoms with Crippen LogP contribution in [0.3, 0.4) is 0 Å². The molecule has 0 spiro atoms. The number of hydrogen-bond acceptors (Lipinski definition) is 7. The van der Waals surface area contributed by atoms with Crippen LogP contribution in [0.25, 0.3) is 21.7 Å². The summed E-state index contributed by atoms with van der Waals surface area (Å²) in [5.74, 6) is -0.245. The lowest BCUT2D eigenvalue weighted by Crippen LogP contribution is -2.44. The van der Waals surface area contributed by atoms with Gasteiger partial charge < -0.3 is 15.3 Å². The van der Waals surface area contributed by atoms with E-state index in [-0.39, 0.29) is 31.0 Å². The van der Waals surface area contributed by atoms with Crippen molar-refractivity contribution in [3.8, 4) is 27.8 Å². The van der Waals surface area contributed by atoms with Gasteiger partial charge in [-0.1, -0.05) is 23.5 Å². The zero-order chi connectivity index (χ0) is 25.7. The Labute approximate surface area is 213 Å². The number of benzene rings is 1. The van der Waals surface area contributed by atoms with Crippen LogP contribution in [0.15, 0.2) is 36.4 Å². The first kappa shape index (κ1) is 25.3. The Hall–Kier alpha value is -3.81. The summed E-state index contributed by atoms with van der Waals surface area (Å²) in [5.41, 5.74) is 4.73. The van der Waals surface area contributed by atoms with Gasteiger partial charge in [0.05, 0.1) is 28.8 Å². The number of anilines is 1. The third-order valence-corrected chi connectivity index (χ3v) is 7.03. The number of amides is 3. The largest absolute Gasteiger partial charge is 0.395 e. The van der Waals surface area contributed by atoms with E-state index in [4.69, 9.17) is 10.1 Å². The number of thiazole rings is 1. The molecule has 0 unspecified atom stereocenters. The fourth-order valence-corrected chi connectivity index (χ4v) is 5.27. The van der Waals surface area contributed by atoms with E-state index in [1.54, 1.807) is 17.0 Å². The molecule has 3 amide bonds. The van der Waals surface area contributed by atoms with E-state index in [9.17, 15) is 14.9 Å². The fraction of sp³-hybridized carbons (Fsp3) is 0.346. The number of hydrogen-bond donors (Lipinski definition) is 3. The number of nitrogens with zero attached hydrogens (tertiary/aromatic N) is 4. The maximum absolute atomic E-state index is 13.0. The number of carbonyl (C=O) groups is 2. The van der Waals surface area contributed by atoms with Crippen molar-refractivity contribution < 1.29 is 14.7 Å². The number of aliphatic hydroxyl groups excluding tert-OH is 1. The standard InChI is InChI=1S/C26H28N6O3S/c1-16-12-21(13-17(2)29-16)23-22(20-5-3-4-18(14-20)15-27)30-25(36-23)31-26(35)32-9-6-19(7-10-32)24(34)28-8-11-33/h3-5,12-14,19,33H,6-11H2,1-2H3,(H,28,34)(H,30,31,35). The normalized spacial score (nSPS) is 13.8. The number of aliphatic hydroxyl groups is 1. The van der Waals surface area contributed by atoms with Crippen LogP contribution in [-0.2, 0) is 4.79 Å². The molecule has 0 bridgehead atoms. The summed E-state index contributed by atoms with van der Waals surface area (Å²) < 4.78 is 0. The highest BCUT2D eigenvalue weighted by Crippen LogP contribution is 2.39. The second kappa shape index (κ2) is 11.3. The Balaban J connectivity index is 1.55. The van der Waals surface area contributed by atoms with E-state index in [1.807, 2.05) is 38.1 Å². The van der Waals surface area contributed by atoms with Gasteiger partial charge in [0.15, 0.2) is 5.13 Å². The van der Waals surface area contributed by atoms with Gasteiger partial charge in [-0.2, -0.15) is 5.26 Å². The van der Waals surface area contributed by atoms with Crippen LogP contribution in [0.4, 0.5) is 9.93 Å². The van der Waals surface area contributed by atoms with E-state index < -0.39 is 0 Å². The molecule has 1 aliphatic heterocycles. The van der Waals surface area contributed by atoms with Crippen molar-refractivity contribution in [3.05, 3.63) is 53.3 Å². The maximum Gasteiger partial charge on any atom is 0.323 e. The van der Waals surface area contributed by atoms with Crippen molar-refractivity contribution in [2.24, 2.45) is 5.92 Å². The van der Waals surface area contributed by atoms with Crippen LogP contribution in [-0.4, -0.2) is 58.2 Å². The molecule has 1 saturated heterocycles. The molecule has 1 aliphatic rings. The number of carbonyl (C=O) groups excluding carboxylic acids is 2. The molecule has 1 aromatic carbocycles. The molecule has 0 aliphatic carbocycles. The number of aryl methyl sites for hydroxylation is 2. The van der Waals surface area contributed by atoms with Crippen LogP contribution in [0.1, 0.15) is 29.8 Å². The maximum atomic E-state index is 13.0. The second-order valence-electron chi connectivity index (χ2n) is 8.73. The zero-order valence-electron chi connectivity index (χ0n) is 20.2. The molecular weight excluding hydrogens is 476 g/mol. The number of urea groups is 1. The minimum atomic E-state index is -0.260. The first-order valence-electron chi connectivity index (χ1n) is 11.8. The third-order valence-electron chi connectivity index (χ3n) is 6.01. The number of piperidine rings is 1. The molecular formula is C26H28N6O3S. The molecule has 9 nitrogen and oxygen atoms in total. The molecule has 3 N–H and O–H groups in total. The number of pyridine rings is 1. The van der Waals surface area contributed by atoms with E-state index in [2.05, 4.69) is 21.7 Å². The highest BCUT2D eigenvalue weighted by atomic mass is 32.1. The Morgan fingerprint density at radius 1 is 1.14 bits per heavy atom. The lowest BCUT2D eigenvalue weighted by molar-refractivity contribution is -0.126. The van der Waals surface area contributed by atoms with Gasteiger partial charge in [0.1, 0.15) is 0 Å². The van der Waals surface area contributed by atoms with Gasteiger partial charge in [0.25, 0.3) is 0 Å². The van der Waals surface area contributed by atoms with Crippen LogP contribution < -0.4 is 10.6 Å². The Kier molecular flexibility index (Phi) is 7.93. The van der Waals surface area contributed by atoms with Crippen LogP contribution in [0.2, 0.25) is 0 Å². The highest BCUT2D eigenvalue weighted by Gasteiger charge is 2.28. The molecule has 186 valence electrons. The van der Waals surface area contributed by atoms with Crippen molar-refractivity contribution in [2.75, 3.05) is 31.6 Å². The van der Waals surface area contributed by atoms with E-state index in [0.717, 1.165) is 27.4 Å². The number of rotatable bonds is 6. The van der Waals surface area contributed by atoms with Crippen molar-refractivity contribution in [3.63, 3.8) is 0 Å². The minimum absolute atomic E-state index is 0.0825. The predicted molar refractivity (Wildman–Crippen MR) is 138 cm³/mol. The summed E-state index contributed by atoms with van der Waals surface area (Å²) in [6.45, 7) is 4.93. The average molecular weight is 505 g/mol. The molecule has 36 heavy (non-hydrogen) atoms. The predicted octanol–water partition coefficient (Wildman–Crippen LogP) is 3.71. The van der Waals surface area contributed by atoms with Crippen molar-refractivity contribution >= 4 is 28.4 Å². The summed E-state index contributed by atoms with van der Waals surface area (Å²) in [6, 6.07) is 13.1. The molecule has 0 radical (unpaired) electrons. The summed E-state index contributed by atoms with van der Waals surface area (Å²) >= 11 is 1.38. The van der Waals surface area contributed by atoms with Crippen molar-refractivity contribution in [1.29, 1.82) is 5.26 Å². The summed E-state index contributed by atoms with van der Waals surface area (Å²) in [4.78, 5) is 36.9. The summed E-state index contributed by atoms with van der Waals surface area (Å²) in [6.07, 6.45) is 1.13. The average Bonchev–Trinajstić information content (AvgIpc) is 3.30. The smallest absolute Gasteiger partial charge is 0.323 e. The number of nitriles is 1.